The van der Waals surface area contributed by atoms with Crippen molar-refractivity contribution in [3.05, 3.63) is 213 Å². The molecule has 1 nitrogen and oxygen atoms in total. The van der Waals surface area contributed by atoms with E-state index in [9.17, 15) is 56.9 Å². The molecule has 0 aromatic heterocycles. The molecule has 0 aliphatic rings. The van der Waals surface area contributed by atoms with Gasteiger partial charge in [0.1, 0.15) is 58.4 Å². The molecule has 0 aliphatic heterocycles. The number of rotatable bonds is 8. The summed E-state index contributed by atoms with van der Waals surface area (Å²) in [4.78, 5) is 1.78. The third-order valence-corrected chi connectivity index (χ3v) is 13.0. The van der Waals surface area contributed by atoms with Crippen LogP contribution in [0.2, 0.25) is 0 Å². The Balaban J connectivity index is 0.000000284. The normalized spacial score (nSPS) is 11.8. The Labute approximate surface area is 357 Å². The van der Waals surface area contributed by atoms with Crippen molar-refractivity contribution in [3.8, 4) is 0 Å². The van der Waals surface area contributed by atoms with Gasteiger partial charge in [-0.2, -0.15) is 0 Å². The fourth-order valence-electron chi connectivity index (χ4n) is 7.27. The topological polar surface area (TPSA) is 17.1 Å². The van der Waals surface area contributed by atoms with Gasteiger partial charge in [-0.05, 0) is 24.3 Å². The molecule has 7 aromatic rings. The fourth-order valence-corrected chi connectivity index (χ4v) is 9.73. The number of hydrogen-bond donors (Lipinski definition) is 0. The Bertz CT molecular complexity index is 2660. The average Bonchev–Trinajstić information content (AvgIpc) is 3.32. The summed E-state index contributed by atoms with van der Waals surface area (Å²) in [5.74, 6) is -70.9. The van der Waals surface area contributed by atoms with Gasteiger partial charge in [0, 0.05) is 5.56 Å². The van der Waals surface area contributed by atoms with E-state index in [0.717, 1.165) is 15.4 Å². The molecule has 0 amide bonds. The van der Waals surface area contributed by atoms with Gasteiger partial charge in [0.15, 0.2) is 89.5 Å². The zero-order valence-corrected chi connectivity index (χ0v) is 32.6. The van der Waals surface area contributed by atoms with Gasteiger partial charge in [-0.3, -0.25) is 0 Å². The molecule has 0 atom stereocenters. The van der Waals surface area contributed by atoms with Gasteiger partial charge in [0.05, 0.1) is 0 Å². The molecule has 0 saturated carbocycles. The summed E-state index contributed by atoms with van der Waals surface area (Å²) in [6, 6.07) is 29.6. The quantitative estimate of drug-likeness (QED) is 0.0488. The van der Waals surface area contributed by atoms with Gasteiger partial charge in [-0.15, -0.1) is 21.9 Å². The zero-order chi connectivity index (χ0) is 48.9. The molecule has 23 heteroatoms. The van der Waals surface area contributed by atoms with Crippen LogP contribution in [0.25, 0.3) is 0 Å². The van der Waals surface area contributed by atoms with E-state index in [0.29, 0.717) is 5.75 Å². The summed E-state index contributed by atoms with van der Waals surface area (Å²) < 4.78 is 308. The highest BCUT2D eigenvalue weighted by molar-refractivity contribution is 8.02. The van der Waals surface area contributed by atoms with Crippen LogP contribution in [0.1, 0.15) is 5.56 Å². The largest absolute Gasteiger partial charge is 0.207 e. The molecule has 0 N–H and O–H groups in total. The SMILES string of the molecule is Fc1c(F)c(F)c([B-](c2c(F)c(F)c(F)c(F)c2F)(c2c(F)c(F)c(F)c(F)c2F)c2c(F)c(F)c(F)c(F)c2F)c(F)c1F.O=[S+](Cc1ccccc1)(c1ccccc1)c1ccccc1. The summed E-state index contributed by atoms with van der Waals surface area (Å²) in [5.41, 5.74) is -13.2. The van der Waals surface area contributed by atoms with E-state index in [4.69, 9.17) is 0 Å². The minimum atomic E-state index is -7.22. The molecule has 0 bridgehead atoms. The first-order chi connectivity index (χ1) is 31.0. The van der Waals surface area contributed by atoms with Crippen molar-refractivity contribution in [2.24, 2.45) is 0 Å². The molecular formula is C43H17BF20OS. The lowest BCUT2D eigenvalue weighted by atomic mass is 9.12. The van der Waals surface area contributed by atoms with Crippen molar-refractivity contribution >= 4 is 37.9 Å². The Kier molecular flexibility index (Phi) is 13.5. The fraction of sp³-hybridized carbons (Fsp3) is 0.0233. The molecule has 0 radical (unpaired) electrons. The van der Waals surface area contributed by atoms with Crippen molar-refractivity contribution in [2.45, 2.75) is 15.5 Å². The van der Waals surface area contributed by atoms with Crippen molar-refractivity contribution < 1.29 is 92.0 Å². The minimum absolute atomic E-state index is 0.530. The van der Waals surface area contributed by atoms with E-state index < -0.39 is 154 Å². The second-order valence-corrected chi connectivity index (χ2v) is 16.3. The molecule has 66 heavy (non-hydrogen) atoms. The molecule has 0 saturated heterocycles. The van der Waals surface area contributed by atoms with E-state index >= 15 is 35.1 Å². The highest BCUT2D eigenvalue weighted by atomic mass is 32.2. The highest BCUT2D eigenvalue weighted by Gasteiger charge is 2.52. The smallest absolute Gasteiger partial charge is 0.200 e. The molecule has 0 aliphatic carbocycles. The van der Waals surface area contributed by atoms with Gasteiger partial charge >= 0.3 is 0 Å². The van der Waals surface area contributed by atoms with Crippen LogP contribution >= 0.6 is 0 Å². The van der Waals surface area contributed by atoms with E-state index in [1.165, 1.54) is 0 Å². The van der Waals surface area contributed by atoms with Gasteiger partial charge in [0.25, 0.3) is 0 Å². The molecule has 344 valence electrons. The molecule has 0 fully saturated rings. The van der Waals surface area contributed by atoms with Gasteiger partial charge in [-0.25, -0.2) is 87.8 Å². The third-order valence-electron chi connectivity index (χ3n) is 10.2. The Morgan fingerprint density at radius 1 is 0.273 bits per heavy atom. The van der Waals surface area contributed by atoms with Gasteiger partial charge in [0.2, 0.25) is 0 Å². The lowest BCUT2D eigenvalue weighted by Gasteiger charge is -2.44. The van der Waals surface area contributed by atoms with Crippen molar-refractivity contribution in [3.63, 3.8) is 0 Å². The lowest BCUT2D eigenvalue weighted by Crippen LogP contribution is -2.81. The molecule has 0 heterocycles. The summed E-state index contributed by atoms with van der Waals surface area (Å²) in [7, 11) is -2.30. The Morgan fingerprint density at radius 2 is 0.455 bits per heavy atom. The summed E-state index contributed by atoms with van der Waals surface area (Å²) in [5, 5.41) is 0. The summed E-state index contributed by atoms with van der Waals surface area (Å²) >= 11 is 0. The average molecular weight is 972 g/mol. The maximum atomic E-state index is 15.4. The van der Waals surface area contributed by atoms with Crippen LogP contribution in [-0.4, -0.2) is 6.15 Å². The monoisotopic (exact) mass is 972 g/mol. The number of halogens is 20. The van der Waals surface area contributed by atoms with E-state index in [2.05, 4.69) is 0 Å². The zero-order valence-electron chi connectivity index (χ0n) is 31.8. The molecule has 0 unspecified atom stereocenters. The predicted octanol–water partition coefficient (Wildman–Crippen LogP) is 10.7. The van der Waals surface area contributed by atoms with Gasteiger partial charge < -0.3 is 0 Å². The molecule has 7 rings (SSSR count). The van der Waals surface area contributed by atoms with Gasteiger partial charge in [-0.1, -0.05) is 70.9 Å². The van der Waals surface area contributed by atoms with Crippen molar-refractivity contribution in [1.82, 2.24) is 0 Å². The van der Waals surface area contributed by atoms with Crippen LogP contribution in [0, 0.1) is 116 Å². The Hall–Kier alpha value is -6.65. The Morgan fingerprint density at radius 3 is 0.667 bits per heavy atom. The van der Waals surface area contributed by atoms with E-state index in [1.807, 2.05) is 91.0 Å². The van der Waals surface area contributed by atoms with E-state index in [-0.39, 0.29) is 0 Å². The van der Waals surface area contributed by atoms with E-state index in [1.54, 1.807) is 0 Å². The first kappa shape index (κ1) is 48.8. The highest BCUT2D eigenvalue weighted by Crippen LogP contribution is 2.33. The molecule has 0 spiro atoms. The number of hydrogen-bond acceptors (Lipinski definition) is 1. The molecular weight excluding hydrogens is 955 g/mol. The number of benzene rings is 7. The van der Waals surface area contributed by atoms with Crippen LogP contribution in [-0.2, 0) is 19.9 Å². The second-order valence-electron chi connectivity index (χ2n) is 13.7. The van der Waals surface area contributed by atoms with Crippen molar-refractivity contribution in [2.75, 3.05) is 0 Å². The van der Waals surface area contributed by atoms with Crippen LogP contribution in [0.4, 0.5) is 87.8 Å². The van der Waals surface area contributed by atoms with Crippen LogP contribution in [0.5, 0.6) is 0 Å². The maximum Gasteiger partial charge on any atom is 0.200 e. The lowest BCUT2D eigenvalue weighted by molar-refractivity contribution is 0.378. The molecule has 7 aromatic carbocycles. The standard InChI is InChI=1S/C24BF20.C19H17OS/c26-5-1(6(27)14(35)21(42)13(5)34)25(2-7(28)15(36)22(43)16(37)8(2)29,3-9(30)17(38)23(44)18(39)10(3)31)4-11(32)19(40)24(45)20(41)12(4)33;20-21(18-12-6-2-7-13-18,19-14-8-3-9-15-19)16-17-10-4-1-5-11-17/h;1-15H,16H2/q-1;+1. The second kappa shape index (κ2) is 18.3. The first-order valence-corrected chi connectivity index (χ1v) is 19.6. The maximum absolute atomic E-state index is 15.4. The first-order valence-electron chi connectivity index (χ1n) is 17.9. The summed E-state index contributed by atoms with van der Waals surface area (Å²) in [6.07, 6.45) is -7.22. The van der Waals surface area contributed by atoms with Crippen LogP contribution in [0.15, 0.2) is 101 Å². The summed E-state index contributed by atoms with van der Waals surface area (Å²) in [6.45, 7) is 0. The van der Waals surface area contributed by atoms with Crippen molar-refractivity contribution in [1.29, 1.82) is 0 Å². The van der Waals surface area contributed by atoms with Crippen LogP contribution < -0.4 is 21.9 Å². The van der Waals surface area contributed by atoms with Crippen LogP contribution in [0.3, 0.4) is 0 Å². The minimum Gasteiger partial charge on any atom is -0.207 e. The predicted molar refractivity (Wildman–Crippen MR) is 197 cm³/mol. The third kappa shape index (κ3) is 7.65.